The Balaban J connectivity index is 1.41. The summed E-state index contributed by atoms with van der Waals surface area (Å²) in [6.45, 7) is 4.18. The maximum Gasteiger partial charge on any atom is 0.253 e. The quantitative estimate of drug-likeness (QED) is 0.685. The second kappa shape index (κ2) is 7.48. The largest absolute Gasteiger partial charge is 0.336 e. The van der Waals surface area contributed by atoms with Crippen LogP contribution in [-0.4, -0.2) is 41.9 Å². The van der Waals surface area contributed by atoms with Crippen molar-refractivity contribution in [1.82, 2.24) is 9.80 Å². The first kappa shape index (κ1) is 17.1. The molecule has 4 rings (SSSR count). The van der Waals surface area contributed by atoms with Crippen LogP contribution in [0.2, 0.25) is 5.02 Å². The van der Waals surface area contributed by atoms with Gasteiger partial charge in [-0.15, -0.1) is 0 Å². The number of hydrogen-bond acceptors (Lipinski definition) is 2. The molecular formula is C22H21ClN2O. The van der Waals surface area contributed by atoms with Gasteiger partial charge in [-0.1, -0.05) is 60.1 Å². The summed E-state index contributed by atoms with van der Waals surface area (Å²) in [5, 5.41) is 3.19. The monoisotopic (exact) mass is 364 g/mol. The molecule has 1 aliphatic rings. The van der Waals surface area contributed by atoms with Crippen LogP contribution < -0.4 is 0 Å². The molecule has 3 nitrogen and oxygen atoms in total. The third-order valence-electron chi connectivity index (χ3n) is 5.00. The van der Waals surface area contributed by atoms with Gasteiger partial charge in [0, 0.05) is 43.3 Å². The summed E-state index contributed by atoms with van der Waals surface area (Å²) in [5.41, 5.74) is 2.01. The van der Waals surface area contributed by atoms with Crippen molar-refractivity contribution in [1.29, 1.82) is 0 Å². The van der Waals surface area contributed by atoms with Gasteiger partial charge >= 0.3 is 0 Å². The van der Waals surface area contributed by atoms with Gasteiger partial charge in [-0.3, -0.25) is 9.69 Å². The van der Waals surface area contributed by atoms with Crippen molar-refractivity contribution in [2.24, 2.45) is 0 Å². The molecular weight excluding hydrogens is 344 g/mol. The molecule has 1 saturated heterocycles. The molecule has 132 valence electrons. The first-order chi connectivity index (χ1) is 12.7. The van der Waals surface area contributed by atoms with Crippen LogP contribution in [0.5, 0.6) is 0 Å². The molecule has 1 fully saturated rings. The minimum atomic E-state index is 0.0670. The number of carbonyl (C=O) groups excluding carboxylic acids is 1. The molecule has 0 aromatic heterocycles. The van der Waals surface area contributed by atoms with E-state index in [4.69, 9.17) is 11.6 Å². The zero-order chi connectivity index (χ0) is 17.9. The Bertz CT molecular complexity index is 927. The lowest BCUT2D eigenvalue weighted by Crippen LogP contribution is -2.48. The lowest BCUT2D eigenvalue weighted by molar-refractivity contribution is 0.0629. The average Bonchev–Trinajstić information content (AvgIpc) is 2.68. The van der Waals surface area contributed by atoms with E-state index in [2.05, 4.69) is 47.4 Å². The van der Waals surface area contributed by atoms with Gasteiger partial charge in [-0.05, 0) is 34.5 Å². The van der Waals surface area contributed by atoms with Gasteiger partial charge in [-0.25, -0.2) is 0 Å². The zero-order valence-electron chi connectivity index (χ0n) is 14.6. The second-order valence-electron chi connectivity index (χ2n) is 6.72. The maximum atomic E-state index is 12.6. The Labute approximate surface area is 158 Å². The Morgan fingerprint density at radius 1 is 0.885 bits per heavy atom. The van der Waals surface area contributed by atoms with Crippen molar-refractivity contribution < 1.29 is 4.79 Å². The molecule has 1 amide bonds. The molecule has 0 N–H and O–H groups in total. The van der Waals surface area contributed by atoms with Gasteiger partial charge in [0.05, 0.1) is 0 Å². The standard InChI is InChI=1S/C22H21ClN2O/c23-20-9-4-7-18(15-20)22(26)25-13-11-24(12-14-25)16-19-8-3-6-17-5-1-2-10-21(17)19/h1-10,15H,11-14,16H2. The van der Waals surface area contributed by atoms with Crippen LogP contribution in [0.25, 0.3) is 10.8 Å². The topological polar surface area (TPSA) is 23.6 Å². The van der Waals surface area contributed by atoms with Gasteiger partial charge in [0.25, 0.3) is 5.91 Å². The Morgan fingerprint density at radius 2 is 1.62 bits per heavy atom. The van der Waals surface area contributed by atoms with Crippen LogP contribution in [-0.2, 0) is 6.54 Å². The summed E-state index contributed by atoms with van der Waals surface area (Å²) >= 11 is 6.01. The maximum absolute atomic E-state index is 12.6. The Kier molecular flexibility index (Phi) is 4.91. The van der Waals surface area contributed by atoms with Crippen LogP contribution in [0.15, 0.2) is 66.7 Å². The molecule has 1 heterocycles. The number of amides is 1. The van der Waals surface area contributed by atoms with E-state index in [1.54, 1.807) is 12.1 Å². The van der Waals surface area contributed by atoms with Crippen molar-refractivity contribution in [2.75, 3.05) is 26.2 Å². The van der Waals surface area contributed by atoms with Gasteiger partial charge in [-0.2, -0.15) is 0 Å². The lowest BCUT2D eigenvalue weighted by Gasteiger charge is -2.35. The van der Waals surface area contributed by atoms with Crippen molar-refractivity contribution in [3.63, 3.8) is 0 Å². The van der Waals surface area contributed by atoms with Gasteiger partial charge in [0.1, 0.15) is 0 Å². The number of hydrogen-bond donors (Lipinski definition) is 0. The molecule has 26 heavy (non-hydrogen) atoms. The predicted octanol–water partition coefficient (Wildman–Crippen LogP) is 4.45. The van der Waals surface area contributed by atoms with Gasteiger partial charge in [0.2, 0.25) is 0 Å². The summed E-state index contributed by atoms with van der Waals surface area (Å²) < 4.78 is 0. The summed E-state index contributed by atoms with van der Waals surface area (Å²) in [6, 6.07) is 22.2. The molecule has 0 unspecified atom stereocenters. The predicted molar refractivity (Wildman–Crippen MR) is 107 cm³/mol. The molecule has 3 aromatic carbocycles. The third kappa shape index (κ3) is 3.59. The van der Waals surface area contributed by atoms with Crippen LogP contribution in [0.4, 0.5) is 0 Å². The SMILES string of the molecule is O=C(c1cccc(Cl)c1)N1CCN(Cc2cccc3ccccc23)CC1. The highest BCUT2D eigenvalue weighted by Crippen LogP contribution is 2.21. The number of carbonyl (C=O) groups is 1. The number of benzene rings is 3. The fourth-order valence-electron chi connectivity index (χ4n) is 3.58. The summed E-state index contributed by atoms with van der Waals surface area (Å²) in [5.74, 6) is 0.0670. The van der Waals surface area contributed by atoms with Crippen molar-refractivity contribution in [2.45, 2.75) is 6.54 Å². The molecule has 0 radical (unpaired) electrons. The van der Waals surface area contributed by atoms with Gasteiger partial charge in [0.15, 0.2) is 0 Å². The summed E-state index contributed by atoms with van der Waals surface area (Å²) in [6.07, 6.45) is 0. The normalized spacial score (nSPS) is 15.3. The summed E-state index contributed by atoms with van der Waals surface area (Å²) in [4.78, 5) is 17.0. The Hall–Kier alpha value is -2.36. The van der Waals surface area contributed by atoms with E-state index in [0.717, 1.165) is 32.7 Å². The fraction of sp³-hybridized carbons (Fsp3) is 0.227. The number of fused-ring (bicyclic) bond motifs is 1. The number of rotatable bonds is 3. The highest BCUT2D eigenvalue weighted by Gasteiger charge is 2.22. The lowest BCUT2D eigenvalue weighted by atomic mass is 10.0. The smallest absolute Gasteiger partial charge is 0.253 e. The van der Waals surface area contributed by atoms with E-state index < -0.39 is 0 Å². The molecule has 0 spiro atoms. The van der Waals surface area contributed by atoms with E-state index in [-0.39, 0.29) is 5.91 Å². The number of halogens is 1. The number of piperazine rings is 1. The summed E-state index contributed by atoms with van der Waals surface area (Å²) in [7, 11) is 0. The van der Waals surface area contributed by atoms with E-state index in [0.29, 0.717) is 10.6 Å². The van der Waals surface area contributed by atoms with Crippen molar-refractivity contribution >= 4 is 28.3 Å². The molecule has 3 aromatic rings. The van der Waals surface area contributed by atoms with E-state index in [1.165, 1.54) is 16.3 Å². The van der Waals surface area contributed by atoms with Gasteiger partial charge < -0.3 is 4.90 Å². The molecule has 0 atom stereocenters. The van der Waals surface area contributed by atoms with Crippen LogP contribution in [0, 0.1) is 0 Å². The minimum Gasteiger partial charge on any atom is -0.336 e. The Morgan fingerprint density at radius 3 is 2.42 bits per heavy atom. The zero-order valence-corrected chi connectivity index (χ0v) is 15.3. The molecule has 0 aliphatic carbocycles. The fourth-order valence-corrected chi connectivity index (χ4v) is 3.77. The molecule has 1 aliphatic heterocycles. The minimum absolute atomic E-state index is 0.0670. The second-order valence-corrected chi connectivity index (χ2v) is 7.15. The van der Waals surface area contributed by atoms with E-state index in [9.17, 15) is 4.79 Å². The highest BCUT2D eigenvalue weighted by atomic mass is 35.5. The van der Waals surface area contributed by atoms with E-state index in [1.807, 2.05) is 17.0 Å². The van der Waals surface area contributed by atoms with E-state index >= 15 is 0 Å². The first-order valence-corrected chi connectivity index (χ1v) is 9.32. The van der Waals surface area contributed by atoms with Crippen LogP contribution >= 0.6 is 11.6 Å². The average molecular weight is 365 g/mol. The third-order valence-corrected chi connectivity index (χ3v) is 5.24. The first-order valence-electron chi connectivity index (χ1n) is 8.94. The van der Waals surface area contributed by atoms with Crippen molar-refractivity contribution in [3.05, 3.63) is 82.9 Å². The highest BCUT2D eigenvalue weighted by molar-refractivity contribution is 6.30. The molecule has 0 saturated carbocycles. The van der Waals surface area contributed by atoms with Crippen LogP contribution in [0.1, 0.15) is 15.9 Å². The van der Waals surface area contributed by atoms with Crippen molar-refractivity contribution in [3.8, 4) is 0 Å². The van der Waals surface area contributed by atoms with Crippen LogP contribution in [0.3, 0.4) is 0 Å². The molecule has 0 bridgehead atoms. The number of nitrogens with zero attached hydrogens (tertiary/aromatic N) is 2. The molecule has 4 heteroatoms.